The number of hydrogen-bond acceptors (Lipinski definition) is 4. The van der Waals surface area contributed by atoms with Gasteiger partial charge in [-0.25, -0.2) is 4.98 Å². The molecule has 0 atom stereocenters. The third-order valence-electron chi connectivity index (χ3n) is 2.67. The van der Waals surface area contributed by atoms with Gasteiger partial charge in [0.05, 0.1) is 5.69 Å². The molecule has 94 valence electrons. The Morgan fingerprint density at radius 1 is 1.56 bits per heavy atom. The van der Waals surface area contributed by atoms with E-state index < -0.39 is 0 Å². The number of rotatable bonds is 4. The molecule has 0 spiro atoms. The van der Waals surface area contributed by atoms with Gasteiger partial charge in [-0.3, -0.25) is 0 Å². The molecule has 3 nitrogen and oxygen atoms in total. The van der Waals surface area contributed by atoms with Crippen LogP contribution in [0.2, 0.25) is 0 Å². The summed E-state index contributed by atoms with van der Waals surface area (Å²) in [6.45, 7) is 9.84. The highest BCUT2D eigenvalue weighted by Crippen LogP contribution is 2.32. The summed E-state index contributed by atoms with van der Waals surface area (Å²) in [6, 6.07) is 1.91. The number of hydrogen-bond donors (Lipinski definition) is 0. The van der Waals surface area contributed by atoms with Gasteiger partial charge >= 0.3 is 0 Å². The molecule has 0 fully saturated rings. The minimum Gasteiger partial charge on any atom is -0.361 e. The summed E-state index contributed by atoms with van der Waals surface area (Å²) in [5.41, 5.74) is 2.88. The molecule has 0 saturated heterocycles. The van der Waals surface area contributed by atoms with Crippen LogP contribution in [-0.2, 0) is 6.42 Å². The fourth-order valence-electron chi connectivity index (χ4n) is 1.74. The van der Waals surface area contributed by atoms with Gasteiger partial charge in [-0.05, 0) is 25.8 Å². The highest BCUT2D eigenvalue weighted by atomic mass is 32.1. The van der Waals surface area contributed by atoms with Gasteiger partial charge in [-0.1, -0.05) is 30.8 Å². The molecular formula is C14H16N2OS. The van der Waals surface area contributed by atoms with Crippen LogP contribution in [0.15, 0.2) is 29.3 Å². The van der Waals surface area contributed by atoms with Gasteiger partial charge in [0.2, 0.25) is 0 Å². The third kappa shape index (κ3) is 2.29. The van der Waals surface area contributed by atoms with Crippen LogP contribution < -0.4 is 0 Å². The second kappa shape index (κ2) is 5.31. The van der Waals surface area contributed by atoms with E-state index in [1.807, 2.05) is 32.1 Å². The lowest BCUT2D eigenvalue weighted by atomic mass is 10.1. The lowest BCUT2D eigenvalue weighted by molar-refractivity contribution is 0.399. The fraction of sp³-hybridized carbons (Fsp3) is 0.286. The standard InChI is InChI=1S/C14H16N2OS/c1-5-10(6-2)13-12(7-3)18-14(15-13)11-8-9(4)17-16-11/h5-6,8H,1,7H2,2-4H3/b10-6+. The molecule has 0 bridgehead atoms. The molecule has 0 N–H and O–H groups in total. The summed E-state index contributed by atoms with van der Waals surface area (Å²) in [5, 5.41) is 4.92. The minimum absolute atomic E-state index is 0.801. The van der Waals surface area contributed by atoms with Gasteiger partial charge in [0.15, 0.2) is 0 Å². The van der Waals surface area contributed by atoms with Crippen molar-refractivity contribution in [3.05, 3.63) is 41.1 Å². The Balaban J connectivity index is 2.50. The number of aromatic nitrogens is 2. The van der Waals surface area contributed by atoms with Crippen LogP contribution in [0.3, 0.4) is 0 Å². The third-order valence-corrected chi connectivity index (χ3v) is 3.89. The van der Waals surface area contributed by atoms with Crippen molar-refractivity contribution in [2.24, 2.45) is 0 Å². The minimum atomic E-state index is 0.801. The summed E-state index contributed by atoms with van der Waals surface area (Å²) >= 11 is 1.66. The Morgan fingerprint density at radius 2 is 2.33 bits per heavy atom. The Labute approximate surface area is 111 Å². The van der Waals surface area contributed by atoms with Gasteiger partial charge in [0.1, 0.15) is 16.5 Å². The SMILES string of the molecule is C=C/C(=C\C)c1nc(-c2cc(C)on2)sc1CC. The zero-order valence-corrected chi connectivity index (χ0v) is 11.7. The number of allylic oxidation sites excluding steroid dienone is 3. The first-order valence-electron chi connectivity index (χ1n) is 5.92. The van der Waals surface area contributed by atoms with E-state index in [-0.39, 0.29) is 0 Å². The van der Waals surface area contributed by atoms with Crippen molar-refractivity contribution in [1.82, 2.24) is 10.1 Å². The molecule has 0 aliphatic rings. The van der Waals surface area contributed by atoms with Crippen molar-refractivity contribution in [3.63, 3.8) is 0 Å². The van der Waals surface area contributed by atoms with Crippen LogP contribution in [0, 0.1) is 6.92 Å². The number of aryl methyl sites for hydroxylation is 2. The topological polar surface area (TPSA) is 38.9 Å². The van der Waals surface area contributed by atoms with Crippen LogP contribution in [0.4, 0.5) is 0 Å². The highest BCUT2D eigenvalue weighted by molar-refractivity contribution is 7.15. The van der Waals surface area contributed by atoms with Gasteiger partial charge < -0.3 is 4.52 Å². The Kier molecular flexibility index (Phi) is 3.77. The maximum atomic E-state index is 5.10. The molecule has 2 rings (SSSR count). The van der Waals surface area contributed by atoms with Crippen molar-refractivity contribution < 1.29 is 4.52 Å². The van der Waals surface area contributed by atoms with Crippen LogP contribution >= 0.6 is 11.3 Å². The predicted molar refractivity (Wildman–Crippen MR) is 75.6 cm³/mol. The number of thiazole rings is 1. The molecule has 0 aliphatic heterocycles. The molecule has 0 unspecified atom stereocenters. The van der Waals surface area contributed by atoms with Crippen molar-refractivity contribution in [2.45, 2.75) is 27.2 Å². The van der Waals surface area contributed by atoms with Gasteiger partial charge in [-0.2, -0.15) is 0 Å². The summed E-state index contributed by atoms with van der Waals surface area (Å²) in [6.07, 6.45) is 4.82. The molecule has 0 amide bonds. The van der Waals surface area contributed by atoms with Gasteiger partial charge in [-0.15, -0.1) is 11.3 Å². The van der Waals surface area contributed by atoms with E-state index >= 15 is 0 Å². The van der Waals surface area contributed by atoms with Crippen molar-refractivity contribution in [2.75, 3.05) is 0 Å². The van der Waals surface area contributed by atoms with E-state index in [0.29, 0.717) is 0 Å². The second-order valence-electron chi connectivity index (χ2n) is 3.92. The molecule has 0 saturated carbocycles. The van der Waals surface area contributed by atoms with E-state index in [1.54, 1.807) is 11.3 Å². The molecule has 0 aliphatic carbocycles. The maximum Gasteiger partial charge on any atom is 0.146 e. The molecule has 2 aromatic rings. The molecule has 4 heteroatoms. The second-order valence-corrected chi connectivity index (χ2v) is 5.00. The molecular weight excluding hydrogens is 244 g/mol. The number of nitrogens with zero attached hydrogens (tertiary/aromatic N) is 2. The van der Waals surface area contributed by atoms with Gasteiger partial charge in [0, 0.05) is 10.9 Å². The van der Waals surface area contributed by atoms with Crippen LogP contribution in [0.25, 0.3) is 16.3 Å². The molecule has 18 heavy (non-hydrogen) atoms. The zero-order valence-electron chi connectivity index (χ0n) is 10.9. The van der Waals surface area contributed by atoms with E-state index in [9.17, 15) is 0 Å². The monoisotopic (exact) mass is 260 g/mol. The van der Waals surface area contributed by atoms with E-state index in [0.717, 1.165) is 34.1 Å². The fourth-order valence-corrected chi connectivity index (χ4v) is 2.72. The van der Waals surface area contributed by atoms with E-state index in [1.165, 1.54) is 4.88 Å². The lowest BCUT2D eigenvalue weighted by Gasteiger charge is -1.98. The van der Waals surface area contributed by atoms with Crippen LogP contribution in [-0.4, -0.2) is 10.1 Å². The molecule has 2 aromatic heterocycles. The molecule has 2 heterocycles. The predicted octanol–water partition coefficient (Wildman–Crippen LogP) is 4.26. The maximum absolute atomic E-state index is 5.10. The van der Waals surface area contributed by atoms with E-state index in [4.69, 9.17) is 4.52 Å². The Bertz CT molecular complexity index is 593. The molecule has 0 radical (unpaired) electrons. The van der Waals surface area contributed by atoms with E-state index in [2.05, 4.69) is 23.6 Å². The molecule has 0 aromatic carbocycles. The van der Waals surface area contributed by atoms with Crippen molar-refractivity contribution in [1.29, 1.82) is 0 Å². The smallest absolute Gasteiger partial charge is 0.146 e. The van der Waals surface area contributed by atoms with Crippen LogP contribution in [0.5, 0.6) is 0 Å². The summed E-state index contributed by atoms with van der Waals surface area (Å²) in [7, 11) is 0. The highest BCUT2D eigenvalue weighted by Gasteiger charge is 2.15. The van der Waals surface area contributed by atoms with Crippen molar-refractivity contribution >= 4 is 16.9 Å². The zero-order chi connectivity index (χ0) is 13.1. The summed E-state index contributed by atoms with van der Waals surface area (Å²) in [5.74, 6) is 0.801. The first-order chi connectivity index (χ1) is 8.69. The average Bonchev–Trinajstić information content (AvgIpc) is 2.97. The van der Waals surface area contributed by atoms with Crippen molar-refractivity contribution in [3.8, 4) is 10.7 Å². The quantitative estimate of drug-likeness (QED) is 0.771. The normalized spacial score (nSPS) is 11.8. The first kappa shape index (κ1) is 12.8. The lowest BCUT2D eigenvalue weighted by Crippen LogP contribution is -1.86. The Morgan fingerprint density at radius 3 is 2.83 bits per heavy atom. The average molecular weight is 260 g/mol. The summed E-state index contributed by atoms with van der Waals surface area (Å²) < 4.78 is 5.10. The first-order valence-corrected chi connectivity index (χ1v) is 6.73. The van der Waals surface area contributed by atoms with Gasteiger partial charge in [0.25, 0.3) is 0 Å². The Hall–Kier alpha value is -1.68. The largest absolute Gasteiger partial charge is 0.361 e. The van der Waals surface area contributed by atoms with Crippen LogP contribution in [0.1, 0.15) is 30.2 Å². The summed E-state index contributed by atoms with van der Waals surface area (Å²) in [4.78, 5) is 5.91.